The lowest BCUT2D eigenvalue weighted by atomic mass is 9.87. The van der Waals surface area contributed by atoms with Gasteiger partial charge in [0, 0.05) is 0 Å². The lowest BCUT2D eigenvalue weighted by Gasteiger charge is -2.20. The fourth-order valence-corrected chi connectivity index (χ4v) is 1.69. The predicted octanol–water partition coefficient (Wildman–Crippen LogP) is 1.93. The second kappa shape index (κ2) is 6.43. The number of esters is 1. The van der Waals surface area contributed by atoms with Gasteiger partial charge in [-0.1, -0.05) is 20.8 Å². The zero-order valence-corrected chi connectivity index (χ0v) is 9.82. The Hall–Kier alpha value is -1.06. The number of rotatable bonds is 6. The Balaban J connectivity index is 4.51. The predicted molar refractivity (Wildman–Crippen MR) is 56.4 cm³/mol. The van der Waals surface area contributed by atoms with Crippen molar-refractivity contribution in [3.63, 3.8) is 0 Å². The van der Waals surface area contributed by atoms with Gasteiger partial charge in [0.2, 0.25) is 0 Å². The molecule has 4 nitrogen and oxygen atoms in total. The van der Waals surface area contributed by atoms with Gasteiger partial charge in [-0.15, -0.1) is 0 Å². The van der Waals surface area contributed by atoms with Gasteiger partial charge in [-0.05, 0) is 25.2 Å². The van der Waals surface area contributed by atoms with Crippen molar-refractivity contribution in [1.29, 1.82) is 0 Å². The number of carboxylic acid groups (broad SMARTS) is 1. The number of hydrogen-bond donors (Lipinski definition) is 1. The van der Waals surface area contributed by atoms with E-state index in [2.05, 4.69) is 0 Å². The van der Waals surface area contributed by atoms with Crippen molar-refractivity contribution in [1.82, 2.24) is 0 Å². The van der Waals surface area contributed by atoms with Gasteiger partial charge in [0.25, 0.3) is 0 Å². The van der Waals surface area contributed by atoms with E-state index >= 15 is 0 Å². The molecule has 0 aliphatic heterocycles. The number of carboxylic acids is 1. The van der Waals surface area contributed by atoms with Crippen LogP contribution in [0.25, 0.3) is 0 Å². The average molecular weight is 216 g/mol. The van der Waals surface area contributed by atoms with Crippen LogP contribution in [0.3, 0.4) is 0 Å². The van der Waals surface area contributed by atoms with Crippen molar-refractivity contribution in [2.75, 3.05) is 6.61 Å². The molecule has 0 saturated carbocycles. The standard InChI is InChI=1S/C11H20O4/c1-5-15-11(14)9(10(12)13)8(4)6-7(2)3/h7-9H,5-6H2,1-4H3,(H,12,13). The van der Waals surface area contributed by atoms with E-state index < -0.39 is 17.9 Å². The normalized spacial score (nSPS) is 14.7. The van der Waals surface area contributed by atoms with E-state index in [9.17, 15) is 9.59 Å². The zero-order chi connectivity index (χ0) is 12.0. The molecule has 0 aliphatic carbocycles. The summed E-state index contributed by atoms with van der Waals surface area (Å²) in [6.07, 6.45) is 0.704. The minimum Gasteiger partial charge on any atom is -0.481 e. The lowest BCUT2D eigenvalue weighted by Crippen LogP contribution is -2.32. The summed E-state index contributed by atoms with van der Waals surface area (Å²) in [6.45, 7) is 7.66. The zero-order valence-electron chi connectivity index (χ0n) is 9.82. The summed E-state index contributed by atoms with van der Waals surface area (Å²) in [7, 11) is 0. The molecule has 1 N–H and O–H groups in total. The number of ether oxygens (including phenoxy) is 1. The Morgan fingerprint density at radius 1 is 1.27 bits per heavy atom. The van der Waals surface area contributed by atoms with E-state index in [0.717, 1.165) is 0 Å². The summed E-state index contributed by atoms with van der Waals surface area (Å²) in [4.78, 5) is 22.3. The summed E-state index contributed by atoms with van der Waals surface area (Å²) >= 11 is 0. The number of hydrogen-bond acceptors (Lipinski definition) is 3. The van der Waals surface area contributed by atoms with E-state index in [1.165, 1.54) is 0 Å². The van der Waals surface area contributed by atoms with E-state index in [1.54, 1.807) is 13.8 Å². The fraction of sp³-hybridized carbons (Fsp3) is 0.818. The van der Waals surface area contributed by atoms with Gasteiger partial charge in [-0.2, -0.15) is 0 Å². The van der Waals surface area contributed by atoms with Crippen LogP contribution in [-0.2, 0) is 14.3 Å². The van der Waals surface area contributed by atoms with Crippen LogP contribution in [0.2, 0.25) is 0 Å². The molecule has 15 heavy (non-hydrogen) atoms. The van der Waals surface area contributed by atoms with Gasteiger partial charge in [0.05, 0.1) is 6.61 Å². The van der Waals surface area contributed by atoms with Gasteiger partial charge < -0.3 is 9.84 Å². The molecule has 0 fully saturated rings. The second-order valence-electron chi connectivity index (χ2n) is 4.17. The molecule has 4 heteroatoms. The van der Waals surface area contributed by atoms with E-state index in [1.807, 2.05) is 13.8 Å². The van der Waals surface area contributed by atoms with Gasteiger partial charge in [-0.3, -0.25) is 9.59 Å². The quantitative estimate of drug-likeness (QED) is 0.544. The summed E-state index contributed by atoms with van der Waals surface area (Å²) in [5.74, 6) is -2.58. The van der Waals surface area contributed by atoms with Crippen LogP contribution in [0, 0.1) is 17.8 Å². The Labute approximate surface area is 90.6 Å². The first kappa shape index (κ1) is 13.9. The molecular weight excluding hydrogens is 196 g/mol. The Bertz CT molecular complexity index is 223. The minimum atomic E-state index is -1.10. The van der Waals surface area contributed by atoms with E-state index in [4.69, 9.17) is 9.84 Å². The third-order valence-corrected chi connectivity index (χ3v) is 2.22. The molecule has 0 aliphatic rings. The first-order valence-electron chi connectivity index (χ1n) is 5.29. The molecule has 0 bridgehead atoms. The van der Waals surface area contributed by atoms with Crippen LogP contribution in [-0.4, -0.2) is 23.7 Å². The first-order valence-corrected chi connectivity index (χ1v) is 5.29. The van der Waals surface area contributed by atoms with Crippen molar-refractivity contribution in [2.45, 2.75) is 34.1 Å². The van der Waals surface area contributed by atoms with E-state index in [-0.39, 0.29) is 12.5 Å². The third-order valence-electron chi connectivity index (χ3n) is 2.22. The van der Waals surface area contributed by atoms with Gasteiger partial charge >= 0.3 is 11.9 Å². The van der Waals surface area contributed by atoms with Crippen LogP contribution in [0.1, 0.15) is 34.1 Å². The maximum atomic E-state index is 11.4. The number of aliphatic carboxylic acids is 1. The largest absolute Gasteiger partial charge is 0.481 e. The van der Waals surface area contributed by atoms with Crippen LogP contribution >= 0.6 is 0 Å². The Morgan fingerprint density at radius 3 is 2.13 bits per heavy atom. The molecule has 0 spiro atoms. The van der Waals surface area contributed by atoms with Gasteiger partial charge in [0.1, 0.15) is 0 Å². The number of carbonyl (C=O) groups is 2. The molecule has 88 valence electrons. The summed E-state index contributed by atoms with van der Waals surface area (Å²) in [5, 5.41) is 8.95. The molecule has 0 heterocycles. The van der Waals surface area contributed by atoms with E-state index in [0.29, 0.717) is 12.3 Å². The summed E-state index contributed by atoms with van der Waals surface area (Å²) in [6, 6.07) is 0. The highest BCUT2D eigenvalue weighted by Crippen LogP contribution is 2.21. The van der Waals surface area contributed by atoms with Crippen LogP contribution in [0.15, 0.2) is 0 Å². The van der Waals surface area contributed by atoms with Crippen molar-refractivity contribution in [3.05, 3.63) is 0 Å². The van der Waals surface area contributed by atoms with Crippen molar-refractivity contribution in [3.8, 4) is 0 Å². The van der Waals surface area contributed by atoms with Gasteiger partial charge in [0.15, 0.2) is 5.92 Å². The molecule has 0 aromatic heterocycles. The molecule has 2 atom stereocenters. The maximum absolute atomic E-state index is 11.4. The Kier molecular flexibility index (Phi) is 5.97. The van der Waals surface area contributed by atoms with Crippen molar-refractivity contribution in [2.24, 2.45) is 17.8 Å². The second-order valence-corrected chi connectivity index (χ2v) is 4.17. The Morgan fingerprint density at radius 2 is 1.80 bits per heavy atom. The smallest absolute Gasteiger partial charge is 0.320 e. The monoisotopic (exact) mass is 216 g/mol. The molecular formula is C11H20O4. The molecule has 0 saturated heterocycles. The fourth-order valence-electron chi connectivity index (χ4n) is 1.69. The lowest BCUT2D eigenvalue weighted by molar-refractivity contribution is -0.161. The minimum absolute atomic E-state index is 0.193. The average Bonchev–Trinajstić information content (AvgIpc) is 2.01. The third kappa shape index (κ3) is 4.81. The SMILES string of the molecule is CCOC(=O)C(C(=O)O)C(C)CC(C)C. The molecule has 0 aromatic carbocycles. The molecule has 0 rings (SSSR count). The molecule has 2 unspecified atom stereocenters. The molecule has 0 amide bonds. The molecule has 0 aromatic rings. The summed E-state index contributed by atoms with van der Waals surface area (Å²) in [5.41, 5.74) is 0. The highest BCUT2D eigenvalue weighted by atomic mass is 16.5. The van der Waals surface area contributed by atoms with Crippen molar-refractivity contribution < 1.29 is 19.4 Å². The van der Waals surface area contributed by atoms with Crippen LogP contribution < -0.4 is 0 Å². The van der Waals surface area contributed by atoms with Gasteiger partial charge in [-0.25, -0.2) is 0 Å². The van der Waals surface area contributed by atoms with Crippen LogP contribution in [0.4, 0.5) is 0 Å². The van der Waals surface area contributed by atoms with Crippen molar-refractivity contribution >= 4 is 11.9 Å². The first-order chi connectivity index (χ1) is 6.90. The maximum Gasteiger partial charge on any atom is 0.320 e. The molecule has 0 radical (unpaired) electrons. The highest BCUT2D eigenvalue weighted by molar-refractivity contribution is 5.94. The topological polar surface area (TPSA) is 63.6 Å². The summed E-state index contributed by atoms with van der Waals surface area (Å²) < 4.78 is 4.75. The highest BCUT2D eigenvalue weighted by Gasteiger charge is 2.33. The number of carbonyl (C=O) groups excluding carboxylic acids is 1. The van der Waals surface area contributed by atoms with Crippen LogP contribution in [0.5, 0.6) is 0 Å².